The van der Waals surface area contributed by atoms with E-state index in [4.69, 9.17) is 5.11 Å². The number of likely N-dealkylation sites (tertiary alicyclic amines) is 1. The minimum Gasteiger partial charge on any atom is -0.478 e. The van der Waals surface area contributed by atoms with Crippen LogP contribution in [0.1, 0.15) is 48.5 Å². The first kappa shape index (κ1) is 23.9. The van der Waals surface area contributed by atoms with Crippen molar-refractivity contribution >= 4 is 29.3 Å². The zero-order valence-corrected chi connectivity index (χ0v) is 19.7. The lowest BCUT2D eigenvalue weighted by Crippen LogP contribution is -2.45. The molecule has 8 heteroatoms. The Morgan fingerprint density at radius 3 is 2.23 bits per heavy atom. The Morgan fingerprint density at radius 1 is 0.943 bits per heavy atom. The van der Waals surface area contributed by atoms with E-state index in [1.165, 1.54) is 17.7 Å². The summed E-state index contributed by atoms with van der Waals surface area (Å²) in [4.78, 5) is 42.8. The topological polar surface area (TPSA) is 112 Å². The normalized spacial score (nSPS) is 15.2. The second-order valence-electron chi connectivity index (χ2n) is 8.86. The van der Waals surface area contributed by atoms with Crippen molar-refractivity contribution in [2.24, 2.45) is 0 Å². The van der Waals surface area contributed by atoms with Gasteiger partial charge in [-0.1, -0.05) is 38.1 Å². The first-order valence-corrected chi connectivity index (χ1v) is 11.6. The summed E-state index contributed by atoms with van der Waals surface area (Å²) in [5, 5.41) is 14.8. The van der Waals surface area contributed by atoms with Gasteiger partial charge in [0, 0.05) is 17.8 Å². The highest BCUT2D eigenvalue weighted by Crippen LogP contribution is 2.23. The third-order valence-electron chi connectivity index (χ3n) is 6.10. The molecule has 1 aliphatic heterocycles. The molecule has 2 aromatic carbocycles. The maximum Gasteiger partial charge on any atom is 0.335 e. The number of carbonyl (C=O) groups excluding carboxylic acids is 2. The molecule has 2 heterocycles. The van der Waals surface area contributed by atoms with E-state index in [9.17, 15) is 14.4 Å². The number of hydrogen-bond acceptors (Lipinski definition) is 4. The van der Waals surface area contributed by atoms with Gasteiger partial charge in [0.05, 0.1) is 23.1 Å². The van der Waals surface area contributed by atoms with Gasteiger partial charge in [0.25, 0.3) is 0 Å². The first-order valence-electron chi connectivity index (χ1n) is 11.6. The number of nitrogens with zero attached hydrogens (tertiary/aromatic N) is 2. The molecule has 0 spiro atoms. The number of urea groups is 1. The molecule has 1 aliphatic rings. The summed E-state index contributed by atoms with van der Waals surface area (Å²) in [5.41, 5.74) is 4.05. The lowest BCUT2D eigenvalue weighted by Gasteiger charge is -2.24. The van der Waals surface area contributed by atoms with E-state index in [0.29, 0.717) is 36.0 Å². The Balaban J connectivity index is 1.37. The maximum absolute atomic E-state index is 12.9. The highest BCUT2D eigenvalue weighted by atomic mass is 16.4. The maximum atomic E-state index is 12.9. The number of benzene rings is 2. The van der Waals surface area contributed by atoms with Gasteiger partial charge in [-0.15, -0.1) is 0 Å². The lowest BCUT2D eigenvalue weighted by atomic mass is 10.0. The molecule has 0 aliphatic carbocycles. The van der Waals surface area contributed by atoms with Gasteiger partial charge in [-0.25, -0.2) is 9.59 Å². The quantitative estimate of drug-likeness (QED) is 0.456. The molecule has 1 fully saturated rings. The van der Waals surface area contributed by atoms with Crippen molar-refractivity contribution in [2.75, 3.05) is 17.2 Å². The van der Waals surface area contributed by atoms with Crippen LogP contribution in [0.15, 0.2) is 66.9 Å². The van der Waals surface area contributed by atoms with Crippen LogP contribution in [0.5, 0.6) is 0 Å². The van der Waals surface area contributed by atoms with E-state index in [0.717, 1.165) is 12.0 Å². The molecule has 0 radical (unpaired) electrons. The zero-order chi connectivity index (χ0) is 24.9. The third-order valence-corrected chi connectivity index (χ3v) is 6.10. The summed E-state index contributed by atoms with van der Waals surface area (Å²) >= 11 is 0. The number of rotatable bonds is 6. The van der Waals surface area contributed by atoms with Crippen LogP contribution < -0.4 is 10.6 Å². The van der Waals surface area contributed by atoms with Gasteiger partial charge in [-0.05, 0) is 60.7 Å². The van der Waals surface area contributed by atoms with Crippen molar-refractivity contribution in [3.8, 4) is 11.3 Å². The molecule has 0 saturated carbocycles. The van der Waals surface area contributed by atoms with E-state index in [-0.39, 0.29) is 17.5 Å². The largest absolute Gasteiger partial charge is 0.478 e. The lowest BCUT2D eigenvalue weighted by molar-refractivity contribution is -0.119. The number of hydrogen-bond donors (Lipinski definition) is 3. The van der Waals surface area contributed by atoms with Crippen LogP contribution in [0.3, 0.4) is 0 Å². The molecule has 1 atom stereocenters. The highest BCUT2D eigenvalue weighted by molar-refractivity contribution is 5.99. The summed E-state index contributed by atoms with van der Waals surface area (Å²) in [6.45, 7) is 4.74. The highest BCUT2D eigenvalue weighted by Gasteiger charge is 2.34. The fourth-order valence-electron chi connectivity index (χ4n) is 4.08. The first-order chi connectivity index (χ1) is 16.8. The van der Waals surface area contributed by atoms with Crippen molar-refractivity contribution < 1.29 is 19.5 Å². The van der Waals surface area contributed by atoms with Crippen LogP contribution in [0, 0.1) is 0 Å². The number of anilines is 2. The molecule has 35 heavy (non-hydrogen) atoms. The minimum atomic E-state index is -0.985. The molecule has 180 valence electrons. The predicted octanol–water partition coefficient (Wildman–Crippen LogP) is 5.21. The van der Waals surface area contributed by atoms with Gasteiger partial charge in [0.15, 0.2) is 0 Å². The van der Waals surface area contributed by atoms with Crippen molar-refractivity contribution in [1.29, 1.82) is 0 Å². The number of carboxylic acid groups (broad SMARTS) is 1. The van der Waals surface area contributed by atoms with Gasteiger partial charge in [0.1, 0.15) is 6.04 Å². The summed E-state index contributed by atoms with van der Waals surface area (Å²) < 4.78 is 0. The van der Waals surface area contributed by atoms with E-state index >= 15 is 0 Å². The van der Waals surface area contributed by atoms with Gasteiger partial charge in [-0.3, -0.25) is 9.78 Å². The Kier molecular flexibility index (Phi) is 7.10. The number of amides is 3. The molecule has 8 nitrogen and oxygen atoms in total. The number of aromatic nitrogens is 1. The summed E-state index contributed by atoms with van der Waals surface area (Å²) in [6, 6.07) is 16.8. The number of pyridine rings is 1. The molecule has 3 N–H and O–H groups in total. The smallest absolute Gasteiger partial charge is 0.335 e. The molecule has 4 rings (SSSR count). The monoisotopic (exact) mass is 472 g/mol. The summed E-state index contributed by atoms with van der Waals surface area (Å²) in [6.07, 6.45) is 2.89. The minimum absolute atomic E-state index is 0.204. The van der Waals surface area contributed by atoms with Crippen LogP contribution in [-0.2, 0) is 4.79 Å². The third kappa shape index (κ3) is 5.66. The zero-order valence-electron chi connectivity index (χ0n) is 19.7. The summed E-state index contributed by atoms with van der Waals surface area (Å²) in [7, 11) is 0. The second kappa shape index (κ2) is 10.4. The van der Waals surface area contributed by atoms with E-state index < -0.39 is 12.0 Å². The average molecular weight is 473 g/mol. The van der Waals surface area contributed by atoms with Gasteiger partial charge in [-0.2, -0.15) is 0 Å². The number of carbonyl (C=O) groups is 3. The van der Waals surface area contributed by atoms with E-state index in [1.807, 2.05) is 24.3 Å². The summed E-state index contributed by atoms with van der Waals surface area (Å²) in [5.74, 6) is -0.832. The Labute approximate surface area is 204 Å². The van der Waals surface area contributed by atoms with Gasteiger partial charge in [0.2, 0.25) is 5.91 Å². The number of nitrogens with one attached hydrogen (secondary N) is 2. The number of aromatic carboxylic acids is 1. The fourth-order valence-corrected chi connectivity index (χ4v) is 4.08. The van der Waals surface area contributed by atoms with Crippen molar-refractivity contribution in [3.63, 3.8) is 0 Å². The van der Waals surface area contributed by atoms with Crippen molar-refractivity contribution in [3.05, 3.63) is 78.0 Å². The fraction of sp³-hybridized carbons (Fsp3) is 0.259. The standard InChI is InChI=1S/C27H28N4O4/c1-17(2)18-9-11-21(12-10-18)30-27(35)31-15-3-4-24(31)25(32)29-22-13-14-23(28-16-22)19-5-7-20(8-6-19)26(33)34/h5-14,16-17,24H,3-4,15H2,1-2H3,(H,29,32)(H,30,35)(H,33,34). The SMILES string of the molecule is CC(C)c1ccc(NC(=O)N2CCCC2C(=O)Nc2ccc(-c3ccc(C(=O)O)cc3)nc2)cc1. The van der Waals surface area contributed by atoms with Crippen LogP contribution in [0.2, 0.25) is 0 Å². The Hall–Kier alpha value is -4.20. The van der Waals surface area contributed by atoms with E-state index in [2.05, 4.69) is 29.5 Å². The Bertz CT molecular complexity index is 1210. The van der Waals surface area contributed by atoms with E-state index in [1.54, 1.807) is 35.4 Å². The van der Waals surface area contributed by atoms with Crippen LogP contribution in [-0.4, -0.2) is 45.5 Å². The molecule has 1 aromatic heterocycles. The molecule has 1 unspecified atom stereocenters. The molecule has 0 bridgehead atoms. The second-order valence-corrected chi connectivity index (χ2v) is 8.86. The molecule has 3 amide bonds. The van der Waals surface area contributed by atoms with Crippen LogP contribution in [0.25, 0.3) is 11.3 Å². The molecule has 3 aromatic rings. The molecule has 1 saturated heterocycles. The van der Waals surface area contributed by atoms with Crippen molar-refractivity contribution in [1.82, 2.24) is 9.88 Å². The van der Waals surface area contributed by atoms with Gasteiger partial charge < -0.3 is 20.6 Å². The number of carboxylic acids is 1. The predicted molar refractivity (Wildman–Crippen MR) is 135 cm³/mol. The van der Waals surface area contributed by atoms with Crippen LogP contribution >= 0.6 is 0 Å². The Morgan fingerprint density at radius 2 is 1.63 bits per heavy atom. The molecular formula is C27H28N4O4. The molecular weight excluding hydrogens is 444 g/mol. The average Bonchev–Trinajstić information content (AvgIpc) is 3.35. The van der Waals surface area contributed by atoms with Gasteiger partial charge >= 0.3 is 12.0 Å². The van der Waals surface area contributed by atoms with Crippen LogP contribution in [0.4, 0.5) is 16.2 Å². The van der Waals surface area contributed by atoms with Crippen molar-refractivity contribution in [2.45, 2.75) is 38.6 Å².